The second kappa shape index (κ2) is 6.62. The second-order valence-electron chi connectivity index (χ2n) is 3.16. The van der Waals surface area contributed by atoms with Crippen molar-refractivity contribution in [3.05, 3.63) is 0 Å². The topological polar surface area (TPSA) is 12.5 Å². The van der Waals surface area contributed by atoms with Gasteiger partial charge in [-0.2, -0.15) is 0 Å². The molecule has 0 aromatic rings. The Morgan fingerprint density at radius 3 is 2.27 bits per heavy atom. The number of rotatable bonds is 6. The Labute approximate surface area is 70.5 Å². The van der Waals surface area contributed by atoms with Gasteiger partial charge >= 0.3 is 0 Å². The smallest absolute Gasteiger partial charge is 0.0699 e. The van der Waals surface area contributed by atoms with E-state index in [0.29, 0.717) is 6.10 Å². The van der Waals surface area contributed by atoms with E-state index in [-0.39, 0.29) is 0 Å². The van der Waals surface area contributed by atoms with Crippen LogP contribution in [0.25, 0.3) is 0 Å². The van der Waals surface area contributed by atoms with Gasteiger partial charge in [0.2, 0.25) is 0 Å². The van der Waals surface area contributed by atoms with E-state index in [1.54, 1.807) is 0 Å². The van der Waals surface area contributed by atoms with Crippen LogP contribution in [0.5, 0.6) is 0 Å². The highest BCUT2D eigenvalue weighted by Gasteiger charge is 2.05. The van der Waals surface area contributed by atoms with Crippen molar-refractivity contribution < 1.29 is 4.74 Å². The van der Waals surface area contributed by atoms with Gasteiger partial charge in [-0.1, -0.05) is 13.8 Å². The highest BCUT2D eigenvalue weighted by Crippen LogP contribution is 1.99. The van der Waals surface area contributed by atoms with Crippen LogP contribution in [0.1, 0.15) is 26.7 Å². The van der Waals surface area contributed by atoms with Crippen molar-refractivity contribution >= 4 is 0 Å². The summed E-state index contributed by atoms with van der Waals surface area (Å²) in [5.41, 5.74) is 0. The third-order valence-electron chi connectivity index (χ3n) is 1.58. The van der Waals surface area contributed by atoms with Crippen LogP contribution in [0, 0.1) is 0 Å². The fourth-order valence-corrected chi connectivity index (χ4v) is 0.991. The zero-order valence-corrected chi connectivity index (χ0v) is 8.26. The molecule has 0 radical (unpaired) electrons. The van der Waals surface area contributed by atoms with Gasteiger partial charge in [-0.3, -0.25) is 0 Å². The number of ether oxygens (including phenoxy) is 1. The lowest BCUT2D eigenvalue weighted by Gasteiger charge is -2.19. The van der Waals surface area contributed by atoms with Crippen LogP contribution in [0.3, 0.4) is 0 Å². The average molecular weight is 159 g/mol. The fourth-order valence-electron chi connectivity index (χ4n) is 0.991. The Hall–Kier alpha value is -0.0800. The van der Waals surface area contributed by atoms with Gasteiger partial charge in [0, 0.05) is 13.2 Å². The first-order valence-corrected chi connectivity index (χ1v) is 4.47. The third-order valence-corrected chi connectivity index (χ3v) is 1.58. The molecule has 0 aromatic heterocycles. The number of nitrogens with zero attached hydrogens (tertiary/aromatic N) is 1. The molecule has 0 saturated heterocycles. The first-order valence-electron chi connectivity index (χ1n) is 4.47. The monoisotopic (exact) mass is 159 g/mol. The summed E-state index contributed by atoms with van der Waals surface area (Å²) in [7, 11) is 4.16. The molecular weight excluding hydrogens is 138 g/mol. The Kier molecular flexibility index (Phi) is 6.57. The minimum absolute atomic E-state index is 0.421. The zero-order valence-electron chi connectivity index (χ0n) is 8.26. The van der Waals surface area contributed by atoms with Gasteiger partial charge in [-0.15, -0.1) is 0 Å². The molecular formula is C9H21NO. The molecule has 2 heteroatoms. The second-order valence-corrected chi connectivity index (χ2v) is 3.16. The summed E-state index contributed by atoms with van der Waals surface area (Å²) in [6, 6.07) is 0. The van der Waals surface area contributed by atoms with Crippen LogP contribution in [-0.2, 0) is 4.74 Å². The molecule has 0 fully saturated rings. The standard InChI is InChI=1S/C9H21NO/c1-5-7-11-9(6-2)8-10(3)4/h9H,5-8H2,1-4H3. The number of hydrogen-bond donors (Lipinski definition) is 0. The van der Waals surface area contributed by atoms with E-state index < -0.39 is 0 Å². The van der Waals surface area contributed by atoms with E-state index in [4.69, 9.17) is 4.74 Å². The lowest BCUT2D eigenvalue weighted by atomic mass is 10.2. The molecule has 0 aliphatic rings. The first kappa shape index (κ1) is 10.9. The van der Waals surface area contributed by atoms with E-state index in [9.17, 15) is 0 Å². The molecule has 0 aromatic carbocycles. The van der Waals surface area contributed by atoms with Crippen molar-refractivity contribution in [3.63, 3.8) is 0 Å². The Balaban J connectivity index is 3.41. The van der Waals surface area contributed by atoms with Gasteiger partial charge in [-0.05, 0) is 26.9 Å². The summed E-state index contributed by atoms with van der Waals surface area (Å²) in [5.74, 6) is 0. The van der Waals surface area contributed by atoms with Gasteiger partial charge in [0.1, 0.15) is 0 Å². The first-order chi connectivity index (χ1) is 5.20. The van der Waals surface area contributed by atoms with E-state index >= 15 is 0 Å². The van der Waals surface area contributed by atoms with Crippen molar-refractivity contribution in [1.29, 1.82) is 0 Å². The van der Waals surface area contributed by atoms with E-state index in [0.717, 1.165) is 26.0 Å². The zero-order chi connectivity index (χ0) is 8.69. The summed E-state index contributed by atoms with van der Waals surface area (Å²) >= 11 is 0. The van der Waals surface area contributed by atoms with Crippen LogP contribution in [-0.4, -0.2) is 38.3 Å². The molecule has 0 spiro atoms. The maximum absolute atomic E-state index is 5.61. The molecule has 0 amide bonds. The van der Waals surface area contributed by atoms with Crippen LogP contribution < -0.4 is 0 Å². The van der Waals surface area contributed by atoms with Gasteiger partial charge in [0.05, 0.1) is 6.10 Å². The molecule has 0 N–H and O–H groups in total. The minimum Gasteiger partial charge on any atom is -0.377 e. The average Bonchev–Trinajstić information content (AvgIpc) is 1.97. The van der Waals surface area contributed by atoms with Crippen molar-refractivity contribution in [3.8, 4) is 0 Å². The molecule has 0 bridgehead atoms. The van der Waals surface area contributed by atoms with Gasteiger partial charge in [0.25, 0.3) is 0 Å². The molecule has 0 saturated carbocycles. The molecule has 0 heterocycles. The van der Waals surface area contributed by atoms with E-state index in [1.807, 2.05) is 0 Å². The Morgan fingerprint density at radius 1 is 1.27 bits per heavy atom. The predicted octanol–water partition coefficient (Wildman–Crippen LogP) is 1.75. The highest BCUT2D eigenvalue weighted by molar-refractivity contribution is 4.58. The SMILES string of the molecule is CCCOC(CC)CN(C)C. The van der Waals surface area contributed by atoms with Gasteiger partial charge in [0.15, 0.2) is 0 Å². The lowest BCUT2D eigenvalue weighted by Crippen LogP contribution is -2.28. The fraction of sp³-hybridized carbons (Fsp3) is 1.00. The molecule has 2 nitrogen and oxygen atoms in total. The minimum atomic E-state index is 0.421. The number of likely N-dealkylation sites (N-methyl/N-ethyl adjacent to an activating group) is 1. The van der Waals surface area contributed by atoms with Crippen LogP contribution in [0.15, 0.2) is 0 Å². The van der Waals surface area contributed by atoms with Crippen molar-refractivity contribution in [2.75, 3.05) is 27.2 Å². The van der Waals surface area contributed by atoms with Crippen LogP contribution in [0.4, 0.5) is 0 Å². The number of hydrogen-bond acceptors (Lipinski definition) is 2. The quantitative estimate of drug-likeness (QED) is 0.585. The summed E-state index contributed by atoms with van der Waals surface area (Å²) < 4.78 is 5.61. The molecule has 0 aliphatic heterocycles. The molecule has 0 rings (SSSR count). The predicted molar refractivity (Wildman–Crippen MR) is 48.9 cm³/mol. The maximum Gasteiger partial charge on any atom is 0.0699 e. The van der Waals surface area contributed by atoms with Crippen LogP contribution in [0.2, 0.25) is 0 Å². The van der Waals surface area contributed by atoms with Gasteiger partial charge < -0.3 is 9.64 Å². The largest absolute Gasteiger partial charge is 0.377 e. The lowest BCUT2D eigenvalue weighted by molar-refractivity contribution is 0.0340. The summed E-state index contributed by atoms with van der Waals surface area (Å²) in [6.45, 7) is 6.25. The molecule has 0 aliphatic carbocycles. The maximum atomic E-state index is 5.61. The van der Waals surface area contributed by atoms with E-state index in [1.165, 1.54) is 0 Å². The Bertz CT molecular complexity index is 83.6. The molecule has 11 heavy (non-hydrogen) atoms. The van der Waals surface area contributed by atoms with E-state index in [2.05, 4.69) is 32.8 Å². The summed E-state index contributed by atoms with van der Waals surface area (Å²) in [4.78, 5) is 2.17. The molecule has 1 atom stereocenters. The van der Waals surface area contributed by atoms with Crippen LogP contribution >= 0.6 is 0 Å². The van der Waals surface area contributed by atoms with Crippen molar-refractivity contribution in [2.24, 2.45) is 0 Å². The van der Waals surface area contributed by atoms with Gasteiger partial charge in [-0.25, -0.2) is 0 Å². The van der Waals surface area contributed by atoms with Crippen molar-refractivity contribution in [1.82, 2.24) is 4.90 Å². The summed E-state index contributed by atoms with van der Waals surface area (Å²) in [5, 5.41) is 0. The third kappa shape index (κ3) is 6.32. The van der Waals surface area contributed by atoms with Crippen molar-refractivity contribution in [2.45, 2.75) is 32.8 Å². The molecule has 1 unspecified atom stereocenters. The summed E-state index contributed by atoms with van der Waals surface area (Å²) in [6.07, 6.45) is 2.65. The normalized spacial score (nSPS) is 13.9. The molecule has 68 valence electrons. The highest BCUT2D eigenvalue weighted by atomic mass is 16.5. The Morgan fingerprint density at radius 2 is 1.91 bits per heavy atom.